The first-order chi connectivity index (χ1) is 7.67. The number of carbonyl (C=O) groups excluding carboxylic acids is 1. The van der Waals surface area contributed by atoms with Crippen LogP contribution in [0.15, 0.2) is 24.3 Å². The van der Waals surface area contributed by atoms with Crippen molar-refractivity contribution in [1.82, 2.24) is 5.32 Å². The van der Waals surface area contributed by atoms with Crippen LogP contribution in [0.25, 0.3) is 0 Å². The Morgan fingerprint density at radius 2 is 2.19 bits per heavy atom. The van der Waals surface area contributed by atoms with Gasteiger partial charge in [-0.25, -0.2) is 0 Å². The van der Waals surface area contributed by atoms with Crippen LogP contribution in [-0.4, -0.2) is 16.9 Å². The predicted molar refractivity (Wildman–Crippen MR) is 64.1 cm³/mol. The zero-order valence-electron chi connectivity index (χ0n) is 9.24. The molecule has 1 aromatic rings. The number of halogens is 1. The second kappa shape index (κ2) is 6.51. The van der Waals surface area contributed by atoms with E-state index >= 15 is 0 Å². The fraction of sp³-hybridized carbons (Fsp3) is 0.417. The molecule has 1 amide bonds. The Hall–Kier alpha value is -1.06. The highest BCUT2D eigenvalue weighted by Crippen LogP contribution is 2.05. The maximum atomic E-state index is 11.5. The molecule has 0 saturated heterocycles. The van der Waals surface area contributed by atoms with Gasteiger partial charge in [0.05, 0.1) is 6.61 Å². The Morgan fingerprint density at radius 1 is 1.50 bits per heavy atom. The third kappa shape index (κ3) is 3.83. The van der Waals surface area contributed by atoms with Gasteiger partial charge in [0.2, 0.25) is 5.91 Å². The lowest BCUT2D eigenvalue weighted by Gasteiger charge is -2.09. The monoisotopic (exact) mass is 241 g/mol. The fourth-order valence-corrected chi connectivity index (χ4v) is 1.41. The first-order valence-corrected chi connectivity index (χ1v) is 5.73. The lowest BCUT2D eigenvalue weighted by atomic mass is 10.1. The lowest BCUT2D eigenvalue weighted by Crippen LogP contribution is -2.29. The number of amides is 1. The number of carbonyl (C=O) groups is 1. The van der Waals surface area contributed by atoms with Crippen molar-refractivity contribution in [2.24, 2.45) is 5.92 Å². The summed E-state index contributed by atoms with van der Waals surface area (Å²) in [6, 6.07) is 7.47. The van der Waals surface area contributed by atoms with E-state index in [4.69, 9.17) is 16.7 Å². The summed E-state index contributed by atoms with van der Waals surface area (Å²) >= 11 is 5.58. The minimum absolute atomic E-state index is 0.0138. The van der Waals surface area contributed by atoms with Crippen LogP contribution in [0.1, 0.15) is 18.1 Å². The zero-order valence-corrected chi connectivity index (χ0v) is 10.00. The van der Waals surface area contributed by atoms with E-state index in [0.29, 0.717) is 12.4 Å². The molecule has 3 nitrogen and oxygen atoms in total. The summed E-state index contributed by atoms with van der Waals surface area (Å²) in [6.45, 7) is 2.26. The molecule has 0 aliphatic carbocycles. The third-order valence-corrected chi connectivity index (χ3v) is 2.78. The highest BCUT2D eigenvalue weighted by molar-refractivity contribution is 6.19. The average molecular weight is 242 g/mol. The Bertz CT molecular complexity index is 355. The van der Waals surface area contributed by atoms with E-state index in [1.54, 1.807) is 6.92 Å². The molecule has 0 aromatic heterocycles. The second-order valence-electron chi connectivity index (χ2n) is 3.75. The van der Waals surface area contributed by atoms with Crippen LogP contribution >= 0.6 is 11.6 Å². The van der Waals surface area contributed by atoms with Crippen molar-refractivity contribution in [3.8, 4) is 0 Å². The van der Waals surface area contributed by atoms with Gasteiger partial charge in [-0.1, -0.05) is 31.2 Å². The molecule has 1 atom stereocenters. The quantitative estimate of drug-likeness (QED) is 0.771. The number of nitrogens with one attached hydrogen (secondary N) is 1. The van der Waals surface area contributed by atoms with Gasteiger partial charge in [-0.3, -0.25) is 4.79 Å². The molecule has 0 spiro atoms. The summed E-state index contributed by atoms with van der Waals surface area (Å²) in [5.74, 6) is 0.0924. The third-order valence-electron chi connectivity index (χ3n) is 2.32. The number of hydrogen-bond acceptors (Lipinski definition) is 2. The normalized spacial score (nSPS) is 12.2. The van der Waals surface area contributed by atoms with Crippen molar-refractivity contribution in [3.05, 3.63) is 35.4 Å². The highest BCUT2D eigenvalue weighted by atomic mass is 35.5. The summed E-state index contributed by atoms with van der Waals surface area (Å²) in [5.41, 5.74) is 1.82. The molecular weight excluding hydrogens is 226 g/mol. The molecule has 0 fully saturated rings. The topological polar surface area (TPSA) is 49.3 Å². The number of benzene rings is 1. The molecule has 2 N–H and O–H groups in total. The van der Waals surface area contributed by atoms with Gasteiger partial charge in [0, 0.05) is 18.3 Å². The zero-order chi connectivity index (χ0) is 12.0. The SMILES string of the molecule is CC(CCl)C(=O)NCc1cccc(CO)c1. The molecule has 1 aromatic carbocycles. The number of hydrogen-bond donors (Lipinski definition) is 2. The first-order valence-electron chi connectivity index (χ1n) is 5.19. The van der Waals surface area contributed by atoms with Gasteiger partial charge < -0.3 is 10.4 Å². The fourth-order valence-electron chi connectivity index (χ4n) is 1.27. The standard InChI is InChI=1S/C12H16ClNO2/c1-9(6-13)12(16)14-7-10-3-2-4-11(5-10)8-15/h2-5,9,15H,6-8H2,1H3,(H,14,16). The summed E-state index contributed by atoms with van der Waals surface area (Å²) in [7, 11) is 0. The van der Waals surface area contributed by atoms with Crippen LogP contribution in [0.5, 0.6) is 0 Å². The van der Waals surface area contributed by atoms with E-state index in [1.807, 2.05) is 24.3 Å². The molecule has 1 unspecified atom stereocenters. The van der Waals surface area contributed by atoms with Crippen molar-refractivity contribution in [1.29, 1.82) is 0 Å². The Balaban J connectivity index is 2.51. The van der Waals surface area contributed by atoms with E-state index in [1.165, 1.54) is 0 Å². The molecule has 0 aliphatic rings. The van der Waals surface area contributed by atoms with Gasteiger partial charge in [-0.2, -0.15) is 0 Å². The van der Waals surface area contributed by atoms with E-state index in [-0.39, 0.29) is 18.4 Å². The van der Waals surface area contributed by atoms with Gasteiger partial charge in [-0.15, -0.1) is 11.6 Å². The predicted octanol–water partition coefficient (Wildman–Crippen LogP) is 1.67. The largest absolute Gasteiger partial charge is 0.392 e. The molecule has 0 saturated carbocycles. The maximum Gasteiger partial charge on any atom is 0.224 e. The van der Waals surface area contributed by atoms with Crippen LogP contribution in [0.4, 0.5) is 0 Å². The van der Waals surface area contributed by atoms with Crippen molar-refractivity contribution < 1.29 is 9.90 Å². The molecule has 16 heavy (non-hydrogen) atoms. The van der Waals surface area contributed by atoms with Gasteiger partial charge in [0.25, 0.3) is 0 Å². The van der Waals surface area contributed by atoms with Crippen LogP contribution in [0.3, 0.4) is 0 Å². The summed E-state index contributed by atoms with van der Waals surface area (Å²) in [6.07, 6.45) is 0. The number of alkyl halides is 1. The van der Waals surface area contributed by atoms with Crippen molar-refractivity contribution >= 4 is 17.5 Å². The van der Waals surface area contributed by atoms with Crippen molar-refractivity contribution in [3.63, 3.8) is 0 Å². The van der Waals surface area contributed by atoms with E-state index < -0.39 is 0 Å². The molecule has 88 valence electrons. The molecule has 0 bridgehead atoms. The number of aliphatic hydroxyl groups excluding tert-OH is 1. The summed E-state index contributed by atoms with van der Waals surface area (Å²) < 4.78 is 0. The summed E-state index contributed by atoms with van der Waals surface area (Å²) in [5, 5.41) is 11.8. The average Bonchev–Trinajstić information content (AvgIpc) is 2.35. The summed E-state index contributed by atoms with van der Waals surface area (Å²) in [4.78, 5) is 11.5. The Kier molecular flexibility index (Phi) is 5.29. The molecule has 0 radical (unpaired) electrons. The van der Waals surface area contributed by atoms with E-state index in [0.717, 1.165) is 11.1 Å². The minimum atomic E-state index is -0.178. The second-order valence-corrected chi connectivity index (χ2v) is 4.06. The van der Waals surface area contributed by atoms with Gasteiger partial charge in [0.15, 0.2) is 0 Å². The molecule has 1 rings (SSSR count). The Morgan fingerprint density at radius 3 is 2.81 bits per heavy atom. The van der Waals surface area contributed by atoms with Crippen LogP contribution < -0.4 is 5.32 Å². The van der Waals surface area contributed by atoms with Crippen LogP contribution in [0.2, 0.25) is 0 Å². The molecule has 0 heterocycles. The molecular formula is C12H16ClNO2. The number of rotatable bonds is 5. The minimum Gasteiger partial charge on any atom is -0.392 e. The lowest BCUT2D eigenvalue weighted by molar-refractivity contribution is -0.124. The maximum absolute atomic E-state index is 11.5. The van der Waals surface area contributed by atoms with E-state index in [9.17, 15) is 4.79 Å². The highest BCUT2D eigenvalue weighted by Gasteiger charge is 2.10. The van der Waals surface area contributed by atoms with Crippen molar-refractivity contribution in [2.45, 2.75) is 20.1 Å². The van der Waals surface area contributed by atoms with Gasteiger partial charge in [0.1, 0.15) is 0 Å². The van der Waals surface area contributed by atoms with Crippen LogP contribution in [-0.2, 0) is 17.9 Å². The van der Waals surface area contributed by atoms with Crippen molar-refractivity contribution in [2.75, 3.05) is 5.88 Å². The smallest absolute Gasteiger partial charge is 0.224 e. The Labute approximate surface area is 100 Å². The first kappa shape index (κ1) is 13.0. The van der Waals surface area contributed by atoms with Crippen LogP contribution in [0, 0.1) is 5.92 Å². The van der Waals surface area contributed by atoms with E-state index in [2.05, 4.69) is 5.32 Å². The van der Waals surface area contributed by atoms with Gasteiger partial charge in [-0.05, 0) is 11.1 Å². The van der Waals surface area contributed by atoms with Gasteiger partial charge >= 0.3 is 0 Å². The molecule has 0 aliphatic heterocycles. The number of aliphatic hydroxyl groups is 1. The molecule has 4 heteroatoms.